The summed E-state index contributed by atoms with van der Waals surface area (Å²) in [4.78, 5) is 1.92. The Kier molecular flexibility index (Phi) is 3.77. The number of hydrogen-bond acceptors (Lipinski definition) is 3. The van der Waals surface area contributed by atoms with Crippen molar-refractivity contribution in [1.29, 1.82) is 0 Å². The van der Waals surface area contributed by atoms with Crippen molar-refractivity contribution >= 4 is 0 Å². The van der Waals surface area contributed by atoms with Crippen molar-refractivity contribution in [2.24, 2.45) is 0 Å². The summed E-state index contributed by atoms with van der Waals surface area (Å²) in [5.74, 6) is 0. The predicted molar refractivity (Wildman–Crippen MR) is 33.6 cm³/mol. The average Bonchev–Trinajstić information content (AvgIpc) is 1.65. The van der Waals surface area contributed by atoms with Gasteiger partial charge in [-0.15, -0.1) is 0 Å². The molecule has 0 aliphatic rings. The maximum Gasteiger partial charge on any atom is 0.117 e. The number of likely N-dealkylation sites (N-methyl/N-ethyl adjacent to an activating group) is 2. The van der Waals surface area contributed by atoms with E-state index < -0.39 is 6.23 Å². The molecule has 0 fully saturated rings. The van der Waals surface area contributed by atoms with Crippen molar-refractivity contribution in [1.82, 2.24) is 10.2 Å². The van der Waals surface area contributed by atoms with Crippen LogP contribution in [0.15, 0.2) is 0 Å². The Morgan fingerprint density at radius 3 is 2.25 bits per heavy atom. The minimum Gasteiger partial charge on any atom is -0.377 e. The number of nitrogens with one attached hydrogen (secondary N) is 1. The molecular formula is C5H14N2O. The van der Waals surface area contributed by atoms with Crippen LogP contribution in [0.25, 0.3) is 0 Å². The fourth-order valence-corrected chi connectivity index (χ4v) is 0.437. The van der Waals surface area contributed by atoms with E-state index in [9.17, 15) is 0 Å². The smallest absolute Gasteiger partial charge is 0.117 e. The van der Waals surface area contributed by atoms with Crippen LogP contribution in [-0.4, -0.2) is 43.9 Å². The van der Waals surface area contributed by atoms with Crippen molar-refractivity contribution in [3.63, 3.8) is 0 Å². The number of aliphatic hydroxyl groups is 1. The summed E-state index contributed by atoms with van der Waals surface area (Å²) in [6.07, 6.45) is -0.398. The molecule has 0 spiro atoms. The number of rotatable bonds is 3. The number of nitrogens with zero attached hydrogens (tertiary/aromatic N) is 1. The maximum atomic E-state index is 8.88. The minimum absolute atomic E-state index is 0.398. The monoisotopic (exact) mass is 118 g/mol. The highest BCUT2D eigenvalue weighted by Gasteiger charge is 1.98. The van der Waals surface area contributed by atoms with Crippen LogP contribution in [0.5, 0.6) is 0 Å². The second kappa shape index (κ2) is 3.83. The lowest BCUT2D eigenvalue weighted by molar-refractivity contribution is 0.113. The number of aliphatic hydroxyl groups excluding tert-OH is 1. The summed E-state index contributed by atoms with van der Waals surface area (Å²) >= 11 is 0. The minimum atomic E-state index is -0.398. The van der Waals surface area contributed by atoms with Gasteiger partial charge in [0.2, 0.25) is 0 Å². The summed E-state index contributed by atoms with van der Waals surface area (Å²) in [5.41, 5.74) is 0. The highest BCUT2D eigenvalue weighted by molar-refractivity contribution is 4.50. The summed E-state index contributed by atoms with van der Waals surface area (Å²) in [5, 5.41) is 11.6. The molecule has 3 heteroatoms. The summed E-state index contributed by atoms with van der Waals surface area (Å²) in [6, 6.07) is 0. The second-order valence-electron chi connectivity index (χ2n) is 2.07. The van der Waals surface area contributed by atoms with Crippen molar-refractivity contribution in [2.75, 3.05) is 27.7 Å². The first-order valence-electron chi connectivity index (χ1n) is 2.67. The van der Waals surface area contributed by atoms with Crippen LogP contribution >= 0.6 is 0 Å². The quantitative estimate of drug-likeness (QED) is 0.471. The Bertz CT molecular complexity index is 56.4. The largest absolute Gasteiger partial charge is 0.377 e. The SMILES string of the molecule is CNC(O)CN(C)C. The van der Waals surface area contributed by atoms with Crippen molar-refractivity contribution < 1.29 is 5.11 Å². The molecule has 50 valence electrons. The molecule has 2 N–H and O–H groups in total. The van der Waals surface area contributed by atoms with Gasteiger partial charge in [0.05, 0.1) is 0 Å². The fraction of sp³-hybridized carbons (Fsp3) is 1.00. The van der Waals surface area contributed by atoms with Gasteiger partial charge in [-0.1, -0.05) is 0 Å². The summed E-state index contributed by atoms with van der Waals surface area (Å²) < 4.78 is 0. The molecular weight excluding hydrogens is 104 g/mol. The molecule has 0 amide bonds. The first kappa shape index (κ1) is 7.88. The molecule has 0 aliphatic heterocycles. The first-order valence-corrected chi connectivity index (χ1v) is 2.67. The zero-order valence-corrected chi connectivity index (χ0v) is 5.68. The lowest BCUT2D eigenvalue weighted by Gasteiger charge is -2.13. The van der Waals surface area contributed by atoms with Crippen LogP contribution in [0.2, 0.25) is 0 Å². The molecule has 0 radical (unpaired) electrons. The van der Waals surface area contributed by atoms with Gasteiger partial charge in [0, 0.05) is 6.54 Å². The predicted octanol–water partition coefficient (Wildman–Crippen LogP) is -0.914. The Morgan fingerprint density at radius 1 is 1.62 bits per heavy atom. The molecule has 1 atom stereocenters. The normalized spacial score (nSPS) is 14.6. The van der Waals surface area contributed by atoms with E-state index in [0.717, 1.165) is 0 Å². The van der Waals surface area contributed by atoms with E-state index in [1.54, 1.807) is 7.05 Å². The zero-order chi connectivity index (χ0) is 6.57. The van der Waals surface area contributed by atoms with Gasteiger partial charge < -0.3 is 10.0 Å². The first-order chi connectivity index (χ1) is 3.66. The van der Waals surface area contributed by atoms with E-state index in [2.05, 4.69) is 5.32 Å². The standard InChI is InChI=1S/C5H14N2O/c1-6-5(8)4-7(2)3/h5-6,8H,4H2,1-3H3. The lowest BCUT2D eigenvalue weighted by Crippen LogP contribution is -2.35. The molecule has 0 saturated heterocycles. The van der Waals surface area contributed by atoms with E-state index in [1.165, 1.54) is 0 Å². The average molecular weight is 118 g/mol. The highest BCUT2D eigenvalue weighted by Crippen LogP contribution is 1.77. The van der Waals surface area contributed by atoms with Gasteiger partial charge >= 0.3 is 0 Å². The Morgan fingerprint density at radius 2 is 2.12 bits per heavy atom. The third-order valence-electron chi connectivity index (χ3n) is 0.871. The van der Waals surface area contributed by atoms with Crippen molar-refractivity contribution in [3.8, 4) is 0 Å². The van der Waals surface area contributed by atoms with Crippen LogP contribution < -0.4 is 5.32 Å². The van der Waals surface area contributed by atoms with Gasteiger partial charge in [-0.25, -0.2) is 0 Å². The molecule has 3 nitrogen and oxygen atoms in total. The van der Waals surface area contributed by atoms with Gasteiger partial charge in [-0.05, 0) is 21.1 Å². The topological polar surface area (TPSA) is 35.5 Å². The number of hydrogen-bond donors (Lipinski definition) is 2. The molecule has 1 unspecified atom stereocenters. The lowest BCUT2D eigenvalue weighted by atomic mass is 10.5. The third-order valence-corrected chi connectivity index (χ3v) is 0.871. The Balaban J connectivity index is 3.10. The highest BCUT2D eigenvalue weighted by atomic mass is 16.3. The van der Waals surface area contributed by atoms with E-state index in [0.29, 0.717) is 6.54 Å². The van der Waals surface area contributed by atoms with Gasteiger partial charge in [0.15, 0.2) is 0 Å². The van der Waals surface area contributed by atoms with Gasteiger partial charge in [-0.3, -0.25) is 5.32 Å². The molecule has 0 aliphatic carbocycles. The van der Waals surface area contributed by atoms with Crippen LogP contribution in [-0.2, 0) is 0 Å². The molecule has 0 heterocycles. The summed E-state index contributed by atoms with van der Waals surface area (Å²) in [6.45, 7) is 0.663. The van der Waals surface area contributed by atoms with E-state index in [4.69, 9.17) is 5.11 Å². The molecule has 0 bridgehead atoms. The van der Waals surface area contributed by atoms with Crippen LogP contribution in [0.3, 0.4) is 0 Å². The van der Waals surface area contributed by atoms with E-state index >= 15 is 0 Å². The molecule has 8 heavy (non-hydrogen) atoms. The molecule has 0 aromatic carbocycles. The van der Waals surface area contributed by atoms with Crippen LogP contribution in [0.1, 0.15) is 0 Å². The van der Waals surface area contributed by atoms with Gasteiger partial charge in [-0.2, -0.15) is 0 Å². The van der Waals surface area contributed by atoms with Gasteiger partial charge in [0.1, 0.15) is 6.23 Å². The molecule has 0 aromatic rings. The summed E-state index contributed by atoms with van der Waals surface area (Å²) in [7, 11) is 5.56. The van der Waals surface area contributed by atoms with Crippen LogP contribution in [0.4, 0.5) is 0 Å². The van der Waals surface area contributed by atoms with E-state index in [1.807, 2.05) is 19.0 Å². The Hall–Kier alpha value is -0.120. The van der Waals surface area contributed by atoms with Crippen molar-refractivity contribution in [2.45, 2.75) is 6.23 Å². The fourth-order valence-electron chi connectivity index (χ4n) is 0.437. The molecule has 0 aromatic heterocycles. The zero-order valence-electron chi connectivity index (χ0n) is 5.68. The molecule has 0 rings (SSSR count). The maximum absolute atomic E-state index is 8.88. The second-order valence-corrected chi connectivity index (χ2v) is 2.07. The molecule has 0 saturated carbocycles. The van der Waals surface area contributed by atoms with Crippen molar-refractivity contribution in [3.05, 3.63) is 0 Å². The Labute approximate surface area is 50.3 Å². The van der Waals surface area contributed by atoms with E-state index in [-0.39, 0.29) is 0 Å². The van der Waals surface area contributed by atoms with Crippen LogP contribution in [0, 0.1) is 0 Å². The van der Waals surface area contributed by atoms with Gasteiger partial charge in [0.25, 0.3) is 0 Å². The third kappa shape index (κ3) is 4.05.